The lowest BCUT2D eigenvalue weighted by Gasteiger charge is -2.15. The molecule has 1 rings (SSSR count). The number of hydrogen-bond acceptors (Lipinski definition) is 5. The molecular formula is C11H14BrNO4. The predicted octanol–water partition coefficient (Wildman–Crippen LogP) is 1.93. The van der Waals surface area contributed by atoms with E-state index in [1.54, 1.807) is 6.07 Å². The fourth-order valence-corrected chi connectivity index (χ4v) is 2.04. The van der Waals surface area contributed by atoms with Crippen molar-refractivity contribution in [1.29, 1.82) is 0 Å². The quantitative estimate of drug-likeness (QED) is 0.643. The minimum absolute atomic E-state index is 0.407. The zero-order valence-corrected chi connectivity index (χ0v) is 11.5. The first-order valence-electron chi connectivity index (χ1n) is 4.83. The number of hydrogen-bond donors (Lipinski definition) is 1. The van der Waals surface area contributed by atoms with Crippen molar-refractivity contribution in [2.75, 3.05) is 21.3 Å². The summed E-state index contributed by atoms with van der Waals surface area (Å²) in [4.78, 5) is 15.8. The van der Waals surface area contributed by atoms with Crippen LogP contribution in [0, 0.1) is 0 Å². The number of methoxy groups -OCH3 is 2. The lowest BCUT2D eigenvalue weighted by molar-refractivity contribution is 0.0860. The molecule has 0 bridgehead atoms. The van der Waals surface area contributed by atoms with Gasteiger partial charge in [-0.05, 0) is 22.0 Å². The van der Waals surface area contributed by atoms with Gasteiger partial charge in [0, 0.05) is 16.6 Å². The van der Waals surface area contributed by atoms with E-state index in [0.29, 0.717) is 28.1 Å². The van der Waals surface area contributed by atoms with E-state index in [1.807, 2.05) is 0 Å². The third-order valence-corrected chi connectivity index (χ3v) is 2.89. The summed E-state index contributed by atoms with van der Waals surface area (Å²) in [6.07, 6.45) is 0.721. The molecule has 1 aromatic carbocycles. The second-order valence-corrected chi connectivity index (χ2v) is 4.00. The maximum atomic E-state index is 11.0. The Balaban J connectivity index is 3.31. The maximum Gasteiger partial charge on any atom is 0.172 e. The number of halogens is 1. The molecule has 94 valence electrons. The van der Waals surface area contributed by atoms with Gasteiger partial charge in [-0.2, -0.15) is 5.48 Å². The lowest BCUT2D eigenvalue weighted by atomic mass is 10.1. The van der Waals surface area contributed by atoms with Crippen molar-refractivity contribution in [3.8, 4) is 11.5 Å². The van der Waals surface area contributed by atoms with Gasteiger partial charge < -0.3 is 14.3 Å². The summed E-state index contributed by atoms with van der Waals surface area (Å²) in [6.45, 7) is 0.438. The van der Waals surface area contributed by atoms with E-state index in [9.17, 15) is 4.79 Å². The molecule has 0 amide bonds. The summed E-state index contributed by atoms with van der Waals surface area (Å²) >= 11 is 3.32. The van der Waals surface area contributed by atoms with Crippen LogP contribution in [0.2, 0.25) is 0 Å². The minimum atomic E-state index is 0.407. The fraction of sp³-hybridized carbons (Fsp3) is 0.364. The highest BCUT2D eigenvalue weighted by atomic mass is 79.9. The monoisotopic (exact) mass is 303 g/mol. The van der Waals surface area contributed by atoms with Gasteiger partial charge in [0.15, 0.2) is 17.8 Å². The second-order valence-electron chi connectivity index (χ2n) is 3.14. The van der Waals surface area contributed by atoms with Crippen LogP contribution in [0.25, 0.3) is 0 Å². The van der Waals surface area contributed by atoms with E-state index in [-0.39, 0.29) is 0 Å². The molecule has 0 heterocycles. The lowest BCUT2D eigenvalue weighted by Crippen LogP contribution is -2.12. The van der Waals surface area contributed by atoms with Gasteiger partial charge in [-0.15, -0.1) is 0 Å². The molecule has 0 aliphatic heterocycles. The molecule has 1 N–H and O–H groups in total. The van der Waals surface area contributed by atoms with Gasteiger partial charge in [-0.3, -0.25) is 4.79 Å². The Kier molecular flexibility index (Phi) is 5.40. The first-order chi connectivity index (χ1) is 8.19. The van der Waals surface area contributed by atoms with Crippen LogP contribution in [0.4, 0.5) is 0 Å². The Morgan fingerprint density at radius 1 is 1.29 bits per heavy atom. The van der Waals surface area contributed by atoms with Crippen molar-refractivity contribution in [1.82, 2.24) is 5.48 Å². The molecule has 0 aliphatic carbocycles. The van der Waals surface area contributed by atoms with Gasteiger partial charge in [-0.25, -0.2) is 0 Å². The van der Waals surface area contributed by atoms with Gasteiger partial charge >= 0.3 is 0 Å². The van der Waals surface area contributed by atoms with Gasteiger partial charge in [-0.1, -0.05) is 0 Å². The van der Waals surface area contributed by atoms with Crippen molar-refractivity contribution in [3.05, 3.63) is 21.7 Å². The molecule has 0 saturated carbocycles. The Labute approximate surface area is 108 Å². The van der Waals surface area contributed by atoms with E-state index in [1.165, 1.54) is 21.3 Å². The molecule has 0 radical (unpaired) electrons. The zero-order chi connectivity index (χ0) is 12.8. The number of ether oxygens (including phenoxy) is 2. The molecule has 0 spiro atoms. The molecule has 0 saturated heterocycles. The van der Waals surface area contributed by atoms with Crippen molar-refractivity contribution < 1.29 is 19.1 Å². The normalized spacial score (nSPS) is 10.1. The number of aldehydes is 1. The highest BCUT2D eigenvalue weighted by Gasteiger charge is 2.18. The van der Waals surface area contributed by atoms with Crippen LogP contribution >= 0.6 is 15.9 Å². The smallest absolute Gasteiger partial charge is 0.172 e. The highest BCUT2D eigenvalue weighted by molar-refractivity contribution is 9.10. The summed E-state index contributed by atoms with van der Waals surface area (Å²) in [7, 11) is 4.54. The van der Waals surface area contributed by atoms with E-state index in [4.69, 9.17) is 14.3 Å². The van der Waals surface area contributed by atoms with Crippen LogP contribution in [0.3, 0.4) is 0 Å². The molecule has 0 unspecified atom stereocenters. The van der Waals surface area contributed by atoms with Gasteiger partial charge in [0.1, 0.15) is 0 Å². The molecule has 1 aromatic rings. The average Bonchev–Trinajstić information content (AvgIpc) is 2.35. The van der Waals surface area contributed by atoms with Gasteiger partial charge in [0.2, 0.25) is 0 Å². The van der Waals surface area contributed by atoms with Crippen LogP contribution in [0.5, 0.6) is 11.5 Å². The van der Waals surface area contributed by atoms with Crippen molar-refractivity contribution >= 4 is 22.2 Å². The molecule has 5 nitrogen and oxygen atoms in total. The molecule has 0 atom stereocenters. The Hall–Kier alpha value is -1.11. The standard InChI is InChI=1S/C11H14BrNO4/c1-15-10-7(5-13-17-3)4-9(12)8(6-14)11(10)16-2/h4,6,13H,5H2,1-3H3. The summed E-state index contributed by atoms with van der Waals surface area (Å²) in [6, 6.07) is 1.79. The van der Waals surface area contributed by atoms with E-state index < -0.39 is 0 Å². The minimum Gasteiger partial charge on any atom is -0.492 e. The van der Waals surface area contributed by atoms with Gasteiger partial charge in [0.05, 0.1) is 26.9 Å². The van der Waals surface area contributed by atoms with E-state index in [0.717, 1.165) is 11.8 Å². The number of nitrogens with one attached hydrogen (secondary N) is 1. The Bertz CT molecular complexity index is 409. The number of rotatable bonds is 6. The van der Waals surface area contributed by atoms with Crippen molar-refractivity contribution in [3.63, 3.8) is 0 Å². The molecule has 0 aromatic heterocycles. The largest absolute Gasteiger partial charge is 0.492 e. The van der Waals surface area contributed by atoms with Crippen LogP contribution in [-0.4, -0.2) is 27.6 Å². The first-order valence-corrected chi connectivity index (χ1v) is 5.63. The molecular weight excluding hydrogens is 290 g/mol. The topological polar surface area (TPSA) is 56.8 Å². The fourth-order valence-electron chi connectivity index (χ4n) is 1.49. The average molecular weight is 304 g/mol. The maximum absolute atomic E-state index is 11.0. The number of carbonyl (C=O) groups is 1. The summed E-state index contributed by atoms with van der Waals surface area (Å²) in [5.74, 6) is 0.923. The molecule has 17 heavy (non-hydrogen) atoms. The van der Waals surface area contributed by atoms with E-state index >= 15 is 0 Å². The molecule has 6 heteroatoms. The SMILES string of the molecule is CONCc1cc(Br)c(C=O)c(OC)c1OC. The van der Waals surface area contributed by atoms with Crippen LogP contribution < -0.4 is 15.0 Å². The van der Waals surface area contributed by atoms with Crippen LogP contribution in [0.15, 0.2) is 10.5 Å². The Morgan fingerprint density at radius 3 is 2.41 bits per heavy atom. The summed E-state index contributed by atoms with van der Waals surface area (Å²) in [5, 5.41) is 0. The third-order valence-electron chi connectivity index (χ3n) is 2.23. The number of benzene rings is 1. The highest BCUT2D eigenvalue weighted by Crippen LogP contribution is 2.38. The van der Waals surface area contributed by atoms with Gasteiger partial charge in [0.25, 0.3) is 0 Å². The van der Waals surface area contributed by atoms with Crippen LogP contribution in [-0.2, 0) is 11.4 Å². The number of carbonyl (C=O) groups excluding carboxylic acids is 1. The summed E-state index contributed by atoms with van der Waals surface area (Å²) < 4.78 is 11.1. The zero-order valence-electron chi connectivity index (χ0n) is 9.87. The van der Waals surface area contributed by atoms with Crippen LogP contribution in [0.1, 0.15) is 15.9 Å². The molecule has 0 fully saturated rings. The van der Waals surface area contributed by atoms with E-state index in [2.05, 4.69) is 21.4 Å². The van der Waals surface area contributed by atoms with Crippen molar-refractivity contribution in [2.24, 2.45) is 0 Å². The van der Waals surface area contributed by atoms with Crippen molar-refractivity contribution in [2.45, 2.75) is 6.54 Å². The third kappa shape index (κ3) is 2.96. The summed E-state index contributed by atoms with van der Waals surface area (Å²) in [5.41, 5.74) is 3.96. The number of hydroxylamine groups is 1. The first kappa shape index (κ1) is 14.0. The second kappa shape index (κ2) is 6.58. The molecule has 0 aliphatic rings. The predicted molar refractivity (Wildman–Crippen MR) is 66.5 cm³/mol. The Morgan fingerprint density at radius 2 is 1.94 bits per heavy atom.